The summed E-state index contributed by atoms with van der Waals surface area (Å²) in [4.78, 5) is 23.4. The van der Waals surface area contributed by atoms with Crippen molar-refractivity contribution in [2.45, 2.75) is 6.92 Å². The first kappa shape index (κ1) is 14.2. The maximum Gasteiger partial charge on any atom is 0.325 e. The van der Waals surface area contributed by atoms with Crippen LogP contribution >= 0.6 is 11.3 Å². The molecule has 0 aliphatic rings. The average molecular weight is 266 g/mol. The normalized spacial score (nSPS) is 9.22. The Kier molecular flexibility index (Phi) is 5.91. The van der Waals surface area contributed by atoms with Crippen molar-refractivity contribution in [3.05, 3.63) is 21.9 Å². The summed E-state index contributed by atoms with van der Waals surface area (Å²) in [5, 5.41) is 4.25. The Morgan fingerprint density at radius 1 is 1.56 bits per heavy atom. The van der Waals surface area contributed by atoms with Crippen LogP contribution in [0.25, 0.3) is 0 Å². The van der Waals surface area contributed by atoms with Crippen LogP contribution in [0.4, 0.5) is 0 Å². The summed E-state index contributed by atoms with van der Waals surface area (Å²) in [6, 6.07) is 1.74. The number of carbonyl (C=O) groups excluding carboxylic acids is 2. The molecule has 1 amide bonds. The van der Waals surface area contributed by atoms with Gasteiger partial charge in [0.15, 0.2) is 0 Å². The lowest BCUT2D eigenvalue weighted by molar-refractivity contribution is -0.141. The van der Waals surface area contributed by atoms with Crippen LogP contribution in [-0.2, 0) is 9.53 Å². The SMILES string of the molecule is CCOC(=O)CNC(=O)c1sccc1C#CCN. The molecule has 1 aromatic heterocycles. The molecule has 96 valence electrons. The van der Waals surface area contributed by atoms with Gasteiger partial charge < -0.3 is 15.8 Å². The summed E-state index contributed by atoms with van der Waals surface area (Å²) in [5.74, 6) is 4.69. The summed E-state index contributed by atoms with van der Waals surface area (Å²) < 4.78 is 4.71. The smallest absolute Gasteiger partial charge is 0.325 e. The first-order valence-electron chi connectivity index (χ1n) is 5.39. The van der Waals surface area contributed by atoms with Gasteiger partial charge in [-0.2, -0.15) is 0 Å². The van der Waals surface area contributed by atoms with Crippen LogP contribution in [0.2, 0.25) is 0 Å². The molecule has 1 aromatic rings. The molecule has 0 aliphatic heterocycles. The van der Waals surface area contributed by atoms with Gasteiger partial charge >= 0.3 is 5.97 Å². The number of amides is 1. The molecule has 0 spiro atoms. The third kappa shape index (κ3) is 4.20. The first-order chi connectivity index (χ1) is 8.69. The van der Waals surface area contributed by atoms with E-state index in [-0.39, 0.29) is 19.0 Å². The van der Waals surface area contributed by atoms with Crippen LogP contribution in [0.5, 0.6) is 0 Å². The molecule has 1 rings (SSSR count). The lowest BCUT2D eigenvalue weighted by Crippen LogP contribution is -2.30. The van der Waals surface area contributed by atoms with Gasteiger partial charge in [0, 0.05) is 5.56 Å². The van der Waals surface area contributed by atoms with E-state index in [1.807, 2.05) is 0 Å². The Labute approximate surface area is 109 Å². The minimum atomic E-state index is -0.461. The lowest BCUT2D eigenvalue weighted by atomic mass is 10.2. The number of hydrogen-bond acceptors (Lipinski definition) is 5. The van der Waals surface area contributed by atoms with E-state index < -0.39 is 5.97 Å². The average Bonchev–Trinajstić information content (AvgIpc) is 2.82. The number of hydrogen-bond donors (Lipinski definition) is 2. The topological polar surface area (TPSA) is 81.4 Å². The highest BCUT2D eigenvalue weighted by molar-refractivity contribution is 7.12. The second kappa shape index (κ2) is 7.48. The van der Waals surface area contributed by atoms with Gasteiger partial charge in [-0.25, -0.2) is 0 Å². The largest absolute Gasteiger partial charge is 0.465 e. The van der Waals surface area contributed by atoms with Crippen molar-refractivity contribution in [1.29, 1.82) is 0 Å². The fourth-order valence-corrected chi connectivity index (χ4v) is 1.94. The summed E-state index contributed by atoms with van der Waals surface area (Å²) in [7, 11) is 0. The molecule has 0 bridgehead atoms. The molecule has 0 aromatic carbocycles. The van der Waals surface area contributed by atoms with E-state index in [4.69, 9.17) is 10.5 Å². The monoisotopic (exact) mass is 266 g/mol. The van der Waals surface area contributed by atoms with E-state index in [1.54, 1.807) is 18.4 Å². The minimum Gasteiger partial charge on any atom is -0.465 e. The van der Waals surface area contributed by atoms with Crippen molar-refractivity contribution in [3.8, 4) is 11.8 Å². The second-order valence-corrected chi connectivity index (χ2v) is 4.07. The van der Waals surface area contributed by atoms with E-state index >= 15 is 0 Å². The molecule has 0 radical (unpaired) electrons. The quantitative estimate of drug-likeness (QED) is 0.608. The second-order valence-electron chi connectivity index (χ2n) is 3.16. The van der Waals surface area contributed by atoms with Crippen LogP contribution in [0, 0.1) is 11.8 Å². The van der Waals surface area contributed by atoms with E-state index in [2.05, 4.69) is 17.2 Å². The van der Waals surface area contributed by atoms with Crippen LogP contribution in [0.3, 0.4) is 0 Å². The molecule has 5 nitrogen and oxygen atoms in total. The molecule has 1 heterocycles. The van der Waals surface area contributed by atoms with Crippen molar-refractivity contribution < 1.29 is 14.3 Å². The fraction of sp³-hybridized carbons (Fsp3) is 0.333. The predicted molar refractivity (Wildman–Crippen MR) is 69.2 cm³/mol. The summed E-state index contributed by atoms with van der Waals surface area (Å²) >= 11 is 1.27. The van der Waals surface area contributed by atoms with Gasteiger partial charge in [-0.1, -0.05) is 11.8 Å². The summed E-state index contributed by atoms with van der Waals surface area (Å²) in [6.45, 7) is 2.09. The molecule has 0 fully saturated rings. The molecule has 6 heteroatoms. The third-order valence-corrected chi connectivity index (χ3v) is 2.81. The van der Waals surface area contributed by atoms with Crippen molar-refractivity contribution in [1.82, 2.24) is 5.32 Å². The zero-order valence-corrected chi connectivity index (χ0v) is 10.8. The van der Waals surface area contributed by atoms with E-state index in [0.717, 1.165) is 0 Å². The van der Waals surface area contributed by atoms with Gasteiger partial charge in [0.1, 0.15) is 11.4 Å². The van der Waals surface area contributed by atoms with Crippen molar-refractivity contribution >= 4 is 23.2 Å². The van der Waals surface area contributed by atoms with Crippen LogP contribution in [-0.4, -0.2) is 31.6 Å². The molecular formula is C12H14N2O3S. The molecular weight excluding hydrogens is 252 g/mol. The Balaban J connectivity index is 2.62. The van der Waals surface area contributed by atoms with Gasteiger partial charge in [-0.05, 0) is 18.4 Å². The van der Waals surface area contributed by atoms with Gasteiger partial charge in [-0.15, -0.1) is 11.3 Å². The molecule has 0 unspecified atom stereocenters. The molecule has 18 heavy (non-hydrogen) atoms. The molecule has 0 aliphatic carbocycles. The summed E-state index contributed by atoms with van der Waals surface area (Å²) in [6.07, 6.45) is 0. The van der Waals surface area contributed by atoms with Crippen molar-refractivity contribution in [2.75, 3.05) is 19.7 Å². The number of esters is 1. The Morgan fingerprint density at radius 2 is 2.33 bits per heavy atom. The predicted octanol–water partition coefficient (Wildman–Crippen LogP) is 0.351. The highest BCUT2D eigenvalue weighted by Crippen LogP contribution is 2.15. The van der Waals surface area contributed by atoms with Gasteiger partial charge in [0.2, 0.25) is 0 Å². The Bertz CT molecular complexity index is 485. The molecule has 0 saturated heterocycles. The Hall–Kier alpha value is -1.84. The van der Waals surface area contributed by atoms with E-state index in [0.29, 0.717) is 17.0 Å². The van der Waals surface area contributed by atoms with Gasteiger partial charge in [-0.3, -0.25) is 9.59 Å². The third-order valence-electron chi connectivity index (χ3n) is 1.90. The summed E-state index contributed by atoms with van der Waals surface area (Å²) in [5.41, 5.74) is 5.89. The zero-order valence-electron chi connectivity index (χ0n) is 9.99. The maximum absolute atomic E-state index is 11.8. The van der Waals surface area contributed by atoms with Gasteiger partial charge in [0.05, 0.1) is 13.2 Å². The number of ether oxygens (including phenoxy) is 1. The number of carbonyl (C=O) groups is 2. The number of rotatable bonds is 4. The zero-order chi connectivity index (χ0) is 13.4. The highest BCUT2D eigenvalue weighted by atomic mass is 32.1. The van der Waals surface area contributed by atoms with Crippen LogP contribution in [0.15, 0.2) is 11.4 Å². The fourth-order valence-electron chi connectivity index (χ4n) is 1.17. The van der Waals surface area contributed by atoms with Gasteiger partial charge in [0.25, 0.3) is 5.91 Å². The molecule has 0 atom stereocenters. The minimum absolute atomic E-state index is 0.145. The maximum atomic E-state index is 11.8. The number of nitrogens with two attached hydrogens (primary N) is 1. The lowest BCUT2D eigenvalue weighted by Gasteiger charge is -2.03. The van der Waals surface area contributed by atoms with Crippen LogP contribution in [0.1, 0.15) is 22.2 Å². The Morgan fingerprint density at radius 3 is 3.00 bits per heavy atom. The molecule has 3 N–H and O–H groups in total. The first-order valence-corrected chi connectivity index (χ1v) is 6.27. The standard InChI is InChI=1S/C12H14N2O3S/c1-2-17-10(15)8-14-12(16)11-9(4-3-6-13)5-7-18-11/h5,7H,2,6,8,13H2,1H3,(H,14,16). The van der Waals surface area contributed by atoms with Crippen LogP contribution < -0.4 is 11.1 Å². The van der Waals surface area contributed by atoms with E-state index in [1.165, 1.54) is 11.3 Å². The van der Waals surface area contributed by atoms with E-state index in [9.17, 15) is 9.59 Å². The highest BCUT2D eigenvalue weighted by Gasteiger charge is 2.13. The van der Waals surface area contributed by atoms with Crippen molar-refractivity contribution in [3.63, 3.8) is 0 Å². The number of nitrogens with one attached hydrogen (secondary N) is 1. The van der Waals surface area contributed by atoms with Crippen molar-refractivity contribution in [2.24, 2.45) is 5.73 Å². The number of thiophene rings is 1. The molecule has 0 saturated carbocycles.